The van der Waals surface area contributed by atoms with E-state index in [4.69, 9.17) is 5.26 Å². The summed E-state index contributed by atoms with van der Waals surface area (Å²) in [5.41, 5.74) is 4.28. The van der Waals surface area contributed by atoms with Crippen molar-refractivity contribution in [2.45, 2.75) is 18.4 Å². The third-order valence-electron chi connectivity index (χ3n) is 5.85. The van der Waals surface area contributed by atoms with Crippen molar-refractivity contribution < 1.29 is 4.79 Å². The van der Waals surface area contributed by atoms with Gasteiger partial charge < -0.3 is 15.1 Å². The summed E-state index contributed by atoms with van der Waals surface area (Å²) in [5, 5.41) is 12.3. The smallest absolute Gasteiger partial charge is 0.236 e. The highest BCUT2D eigenvalue weighted by atomic mass is 35.5. The molecule has 160 valence electrons. The van der Waals surface area contributed by atoms with Crippen molar-refractivity contribution in [2.24, 2.45) is 0 Å². The molecule has 1 N–H and O–H groups in total. The number of benzene rings is 2. The van der Waals surface area contributed by atoms with Crippen LogP contribution in [0.2, 0.25) is 0 Å². The number of likely N-dealkylation sites (N-methyl/N-ethyl adjacent to an activating group) is 1. The molecule has 2 aromatic rings. The van der Waals surface area contributed by atoms with Gasteiger partial charge in [0.2, 0.25) is 5.91 Å². The van der Waals surface area contributed by atoms with Crippen molar-refractivity contribution >= 4 is 30.7 Å². The van der Waals surface area contributed by atoms with Crippen LogP contribution in [0.15, 0.2) is 48.5 Å². The zero-order chi connectivity index (χ0) is 19.5. The number of halogens is 2. The lowest BCUT2D eigenvalue weighted by Crippen LogP contribution is -2.49. The molecule has 0 spiro atoms. The molecule has 1 saturated heterocycles. The van der Waals surface area contributed by atoms with Crippen molar-refractivity contribution in [3.05, 3.63) is 59.7 Å². The van der Waals surface area contributed by atoms with Crippen LogP contribution in [-0.4, -0.2) is 61.5 Å². The fourth-order valence-corrected chi connectivity index (χ4v) is 3.84. The van der Waals surface area contributed by atoms with Crippen LogP contribution in [0.4, 0.5) is 0 Å². The molecule has 2 unspecified atom stereocenters. The van der Waals surface area contributed by atoms with E-state index in [0.717, 1.165) is 43.7 Å². The first-order chi connectivity index (χ1) is 13.6. The summed E-state index contributed by atoms with van der Waals surface area (Å²) in [5.74, 6) is 0.713. The molecule has 1 heterocycles. The molecule has 0 aromatic heterocycles. The van der Waals surface area contributed by atoms with Crippen LogP contribution in [0.3, 0.4) is 0 Å². The Morgan fingerprint density at radius 1 is 1.00 bits per heavy atom. The minimum Gasteiger partial charge on any atom is -0.339 e. The Morgan fingerprint density at radius 2 is 1.57 bits per heavy atom. The maximum atomic E-state index is 12.4. The Bertz CT molecular complexity index is 872. The minimum absolute atomic E-state index is 0. The van der Waals surface area contributed by atoms with E-state index in [1.165, 1.54) is 5.56 Å². The molecule has 1 aliphatic heterocycles. The van der Waals surface area contributed by atoms with Crippen molar-refractivity contribution in [1.82, 2.24) is 15.1 Å². The highest BCUT2D eigenvalue weighted by Crippen LogP contribution is 2.41. The maximum Gasteiger partial charge on any atom is 0.236 e. The zero-order valence-electron chi connectivity index (χ0n) is 17.1. The number of hydrogen-bond acceptors (Lipinski definition) is 4. The predicted octanol–water partition coefficient (Wildman–Crippen LogP) is 3.29. The van der Waals surface area contributed by atoms with Crippen LogP contribution in [0.1, 0.15) is 23.5 Å². The van der Waals surface area contributed by atoms with E-state index >= 15 is 0 Å². The monoisotopic (exact) mass is 446 g/mol. The van der Waals surface area contributed by atoms with Gasteiger partial charge in [-0.15, -0.1) is 24.8 Å². The molecular weight excluding hydrogens is 419 g/mol. The van der Waals surface area contributed by atoms with Gasteiger partial charge in [0, 0.05) is 38.1 Å². The zero-order valence-corrected chi connectivity index (χ0v) is 18.7. The van der Waals surface area contributed by atoms with Crippen molar-refractivity contribution in [1.29, 1.82) is 5.26 Å². The van der Waals surface area contributed by atoms with Crippen molar-refractivity contribution in [2.75, 3.05) is 39.8 Å². The van der Waals surface area contributed by atoms with E-state index in [1.807, 2.05) is 29.2 Å². The Balaban J connectivity index is 0.00000160. The van der Waals surface area contributed by atoms with E-state index in [0.29, 0.717) is 24.1 Å². The molecule has 2 atom stereocenters. The summed E-state index contributed by atoms with van der Waals surface area (Å²) in [6, 6.07) is 18.9. The quantitative estimate of drug-likeness (QED) is 0.765. The number of nitrogens with one attached hydrogen (secondary N) is 1. The topological polar surface area (TPSA) is 59.4 Å². The van der Waals surface area contributed by atoms with Crippen LogP contribution in [-0.2, 0) is 4.79 Å². The molecule has 7 heteroatoms. The van der Waals surface area contributed by atoms with Crippen LogP contribution >= 0.6 is 24.8 Å². The Kier molecular flexibility index (Phi) is 8.69. The summed E-state index contributed by atoms with van der Waals surface area (Å²) in [7, 11) is 2.10. The first-order valence-electron chi connectivity index (χ1n) is 9.94. The Labute approximate surface area is 190 Å². The second-order valence-corrected chi connectivity index (χ2v) is 7.82. The minimum atomic E-state index is 0. The standard InChI is InChI=1S/C23H26N4O.2ClH/c1-26-10-12-27(13-11-26)23(28)16-25-22-14-21(22)20-8-6-19(7-9-20)18-4-2-17(15-24)3-5-18;;/h2-9,21-22,25H,10-14,16H2,1H3;2*1H. The lowest BCUT2D eigenvalue weighted by molar-refractivity contribution is -0.131. The van der Waals surface area contributed by atoms with Gasteiger partial charge in [0.05, 0.1) is 18.2 Å². The molecule has 2 aromatic carbocycles. The fourth-order valence-electron chi connectivity index (χ4n) is 3.84. The van der Waals surface area contributed by atoms with Crippen molar-refractivity contribution in [3.63, 3.8) is 0 Å². The molecular formula is C23H28Cl2N4O. The van der Waals surface area contributed by atoms with E-state index in [1.54, 1.807) is 0 Å². The molecule has 0 radical (unpaired) electrons. The number of piperazine rings is 1. The van der Waals surface area contributed by atoms with Gasteiger partial charge in [-0.2, -0.15) is 5.26 Å². The molecule has 1 aliphatic carbocycles. The van der Waals surface area contributed by atoms with Gasteiger partial charge in [-0.3, -0.25) is 4.79 Å². The van der Waals surface area contributed by atoms with Gasteiger partial charge in [0.1, 0.15) is 0 Å². The highest BCUT2D eigenvalue weighted by molar-refractivity contribution is 5.85. The van der Waals surface area contributed by atoms with Crippen LogP contribution in [0, 0.1) is 11.3 Å². The summed E-state index contributed by atoms with van der Waals surface area (Å²) < 4.78 is 0. The number of carbonyl (C=O) groups excluding carboxylic acids is 1. The number of nitrogens with zero attached hydrogens (tertiary/aromatic N) is 3. The van der Waals surface area contributed by atoms with Crippen LogP contribution < -0.4 is 5.32 Å². The number of nitriles is 1. The SMILES string of the molecule is CN1CCN(C(=O)CNC2CC2c2ccc(-c3ccc(C#N)cc3)cc2)CC1.Cl.Cl. The summed E-state index contributed by atoms with van der Waals surface area (Å²) in [6.45, 7) is 4.03. The fraction of sp³-hybridized carbons (Fsp3) is 0.391. The first kappa shape index (κ1) is 24.2. The van der Waals surface area contributed by atoms with E-state index in [-0.39, 0.29) is 30.7 Å². The van der Waals surface area contributed by atoms with Gasteiger partial charge >= 0.3 is 0 Å². The average Bonchev–Trinajstić information content (AvgIpc) is 3.52. The first-order valence-corrected chi connectivity index (χ1v) is 9.94. The second-order valence-electron chi connectivity index (χ2n) is 7.82. The molecule has 2 aliphatic rings. The Morgan fingerprint density at radius 3 is 2.13 bits per heavy atom. The Hall–Kier alpha value is -2.10. The van der Waals surface area contributed by atoms with Gasteiger partial charge in [-0.05, 0) is 42.3 Å². The molecule has 30 heavy (non-hydrogen) atoms. The lowest BCUT2D eigenvalue weighted by atomic mass is 10.0. The molecule has 1 amide bonds. The van der Waals surface area contributed by atoms with Crippen LogP contribution in [0.5, 0.6) is 0 Å². The average molecular weight is 447 g/mol. The van der Waals surface area contributed by atoms with E-state index in [2.05, 4.69) is 47.6 Å². The molecule has 1 saturated carbocycles. The number of carbonyl (C=O) groups is 1. The number of rotatable bonds is 5. The van der Waals surface area contributed by atoms with Crippen molar-refractivity contribution in [3.8, 4) is 17.2 Å². The lowest BCUT2D eigenvalue weighted by Gasteiger charge is -2.32. The van der Waals surface area contributed by atoms with E-state index in [9.17, 15) is 4.79 Å². The summed E-state index contributed by atoms with van der Waals surface area (Å²) in [6.07, 6.45) is 1.09. The summed E-state index contributed by atoms with van der Waals surface area (Å²) in [4.78, 5) is 16.6. The van der Waals surface area contributed by atoms with Gasteiger partial charge in [0.15, 0.2) is 0 Å². The molecule has 0 bridgehead atoms. The van der Waals surface area contributed by atoms with Gasteiger partial charge in [0.25, 0.3) is 0 Å². The largest absolute Gasteiger partial charge is 0.339 e. The molecule has 5 nitrogen and oxygen atoms in total. The molecule has 2 fully saturated rings. The predicted molar refractivity (Wildman–Crippen MR) is 124 cm³/mol. The van der Waals surface area contributed by atoms with E-state index < -0.39 is 0 Å². The highest BCUT2D eigenvalue weighted by Gasteiger charge is 2.38. The summed E-state index contributed by atoms with van der Waals surface area (Å²) >= 11 is 0. The molecule has 4 rings (SSSR count). The third-order valence-corrected chi connectivity index (χ3v) is 5.85. The number of amides is 1. The third kappa shape index (κ3) is 5.74. The number of hydrogen-bond donors (Lipinski definition) is 1. The van der Waals surface area contributed by atoms with Gasteiger partial charge in [-0.25, -0.2) is 0 Å². The van der Waals surface area contributed by atoms with Crippen LogP contribution in [0.25, 0.3) is 11.1 Å². The maximum absolute atomic E-state index is 12.4. The second kappa shape index (κ2) is 10.8. The van der Waals surface area contributed by atoms with Gasteiger partial charge in [-0.1, -0.05) is 36.4 Å². The normalized spacial score (nSPS) is 20.5.